The van der Waals surface area contributed by atoms with Crippen LogP contribution in [0.1, 0.15) is 17.9 Å². The Morgan fingerprint density at radius 3 is 2.35 bits per heavy atom. The van der Waals surface area contributed by atoms with Crippen LogP contribution in [-0.4, -0.2) is 19.5 Å². The average molecular weight is 339 g/mol. The highest BCUT2D eigenvalue weighted by atomic mass is 35.5. The van der Waals surface area contributed by atoms with Crippen LogP contribution in [0, 0.1) is 5.82 Å². The van der Waals surface area contributed by atoms with Crippen LogP contribution in [0.15, 0.2) is 42.9 Å². The van der Waals surface area contributed by atoms with E-state index in [1.807, 2.05) is 0 Å². The van der Waals surface area contributed by atoms with Crippen molar-refractivity contribution in [2.75, 3.05) is 0 Å². The lowest BCUT2D eigenvalue weighted by atomic mass is 10.2. The van der Waals surface area contributed by atoms with Gasteiger partial charge in [0.25, 0.3) is 6.43 Å². The highest BCUT2D eigenvalue weighted by Crippen LogP contribution is 2.25. The Hall–Kier alpha value is -2.41. The van der Waals surface area contributed by atoms with Crippen molar-refractivity contribution in [1.82, 2.24) is 19.5 Å². The maximum atomic E-state index is 13.0. The second kappa shape index (κ2) is 6.37. The molecule has 0 unspecified atom stereocenters. The van der Waals surface area contributed by atoms with Gasteiger partial charge in [0.2, 0.25) is 0 Å². The van der Waals surface area contributed by atoms with Crippen LogP contribution in [0.5, 0.6) is 0 Å². The Kier molecular flexibility index (Phi) is 4.29. The first-order valence-corrected chi connectivity index (χ1v) is 6.98. The second-order valence-corrected chi connectivity index (χ2v) is 5.18. The molecule has 4 nitrogen and oxygen atoms in total. The summed E-state index contributed by atoms with van der Waals surface area (Å²) in [5.74, 6) is 0.275. The number of imidazole rings is 1. The Bertz CT molecular complexity index is 801. The molecular weight excluding hydrogens is 329 g/mol. The van der Waals surface area contributed by atoms with Crippen molar-refractivity contribution < 1.29 is 13.2 Å². The van der Waals surface area contributed by atoms with Gasteiger partial charge in [0.1, 0.15) is 23.2 Å². The molecule has 0 spiro atoms. The maximum Gasteiger partial charge on any atom is 0.281 e. The number of hydrogen-bond donors (Lipinski definition) is 0. The largest absolute Gasteiger partial charge is 0.323 e. The maximum absolute atomic E-state index is 13.0. The van der Waals surface area contributed by atoms with Crippen molar-refractivity contribution in [3.05, 3.63) is 65.2 Å². The number of aromatic nitrogens is 4. The first-order chi connectivity index (χ1) is 11.0. The second-order valence-electron chi connectivity index (χ2n) is 4.74. The first-order valence-electron chi connectivity index (χ1n) is 6.60. The predicted molar refractivity (Wildman–Crippen MR) is 78.7 cm³/mol. The van der Waals surface area contributed by atoms with Gasteiger partial charge in [-0.3, -0.25) is 0 Å². The van der Waals surface area contributed by atoms with E-state index in [0.29, 0.717) is 22.2 Å². The normalized spacial score (nSPS) is 11.2. The quantitative estimate of drug-likeness (QED) is 0.718. The van der Waals surface area contributed by atoms with Gasteiger partial charge in [-0.25, -0.2) is 28.1 Å². The molecule has 2 aromatic heterocycles. The number of nitrogens with zero attached hydrogens (tertiary/aromatic N) is 4. The van der Waals surface area contributed by atoms with Crippen molar-refractivity contribution in [1.29, 1.82) is 0 Å². The van der Waals surface area contributed by atoms with E-state index < -0.39 is 12.2 Å². The topological polar surface area (TPSA) is 43.6 Å². The Balaban J connectivity index is 2.00. The van der Waals surface area contributed by atoms with Gasteiger partial charge < -0.3 is 4.57 Å². The van der Waals surface area contributed by atoms with Gasteiger partial charge in [-0.15, -0.1) is 0 Å². The summed E-state index contributed by atoms with van der Waals surface area (Å²) in [6.07, 6.45) is 1.38. The lowest BCUT2D eigenvalue weighted by Crippen LogP contribution is -2.04. The molecule has 0 bridgehead atoms. The van der Waals surface area contributed by atoms with Crippen LogP contribution in [0.2, 0.25) is 5.02 Å². The zero-order chi connectivity index (χ0) is 16.4. The van der Waals surface area contributed by atoms with Crippen LogP contribution in [0.4, 0.5) is 13.2 Å². The number of hydrogen-bond acceptors (Lipinski definition) is 3. The monoisotopic (exact) mass is 338 g/mol. The molecule has 0 saturated carbocycles. The van der Waals surface area contributed by atoms with E-state index in [9.17, 15) is 13.2 Å². The van der Waals surface area contributed by atoms with Crippen LogP contribution in [0.25, 0.3) is 11.4 Å². The van der Waals surface area contributed by atoms with Gasteiger partial charge in [-0.1, -0.05) is 11.6 Å². The van der Waals surface area contributed by atoms with Crippen LogP contribution in [0.3, 0.4) is 0 Å². The summed E-state index contributed by atoms with van der Waals surface area (Å²) in [5, 5.41) is 0.381. The zero-order valence-electron chi connectivity index (χ0n) is 11.6. The van der Waals surface area contributed by atoms with Crippen LogP contribution < -0.4 is 0 Å². The van der Waals surface area contributed by atoms with Gasteiger partial charge in [-0.05, 0) is 24.3 Å². The molecular formula is C15H10ClF3N4. The highest BCUT2D eigenvalue weighted by molar-refractivity contribution is 6.30. The lowest BCUT2D eigenvalue weighted by molar-refractivity contribution is 0.146. The van der Waals surface area contributed by atoms with E-state index in [1.54, 1.807) is 0 Å². The Morgan fingerprint density at radius 2 is 1.74 bits per heavy atom. The SMILES string of the molecule is Fc1ccc(-c2nc(C(F)F)cn2Cc2ncc(Cl)cn2)cc1. The summed E-state index contributed by atoms with van der Waals surface area (Å²) >= 11 is 5.72. The van der Waals surface area contributed by atoms with Crippen molar-refractivity contribution in [3.63, 3.8) is 0 Å². The average Bonchev–Trinajstić information content (AvgIpc) is 2.94. The molecule has 0 amide bonds. The number of alkyl halides is 2. The van der Waals surface area contributed by atoms with Crippen molar-refractivity contribution in [2.24, 2.45) is 0 Å². The molecule has 0 radical (unpaired) electrons. The fourth-order valence-corrected chi connectivity index (χ4v) is 2.16. The summed E-state index contributed by atoms with van der Waals surface area (Å²) in [6, 6.07) is 5.45. The van der Waals surface area contributed by atoms with E-state index in [-0.39, 0.29) is 12.2 Å². The van der Waals surface area contributed by atoms with Gasteiger partial charge in [0.05, 0.1) is 11.6 Å². The zero-order valence-corrected chi connectivity index (χ0v) is 12.4. The molecule has 3 rings (SSSR count). The summed E-state index contributed by atoms with van der Waals surface area (Å²) in [5.41, 5.74) is 0.158. The molecule has 0 aliphatic carbocycles. The van der Waals surface area contributed by atoms with E-state index in [4.69, 9.17) is 11.6 Å². The summed E-state index contributed by atoms with van der Waals surface area (Å²) < 4.78 is 40.4. The van der Waals surface area contributed by atoms with Crippen molar-refractivity contribution in [3.8, 4) is 11.4 Å². The Morgan fingerprint density at radius 1 is 1.09 bits per heavy atom. The summed E-state index contributed by atoms with van der Waals surface area (Å²) in [4.78, 5) is 12.0. The molecule has 8 heteroatoms. The standard InChI is InChI=1S/C15H10ClF3N4/c16-10-5-20-13(21-6-10)8-23-7-12(14(18)19)22-15(23)9-1-3-11(17)4-2-9/h1-7,14H,8H2. The van der Waals surface area contributed by atoms with Gasteiger partial charge >= 0.3 is 0 Å². The third-order valence-electron chi connectivity index (χ3n) is 3.11. The van der Waals surface area contributed by atoms with Crippen molar-refractivity contribution >= 4 is 11.6 Å². The fraction of sp³-hybridized carbons (Fsp3) is 0.133. The first kappa shape index (κ1) is 15.5. The lowest BCUT2D eigenvalue weighted by Gasteiger charge is -2.07. The molecule has 1 aromatic carbocycles. The van der Waals surface area contributed by atoms with Crippen LogP contribution in [-0.2, 0) is 6.54 Å². The molecule has 23 heavy (non-hydrogen) atoms. The van der Waals surface area contributed by atoms with Crippen molar-refractivity contribution in [2.45, 2.75) is 13.0 Å². The predicted octanol–water partition coefficient (Wildman–Crippen LogP) is 4.12. The third-order valence-corrected chi connectivity index (χ3v) is 3.30. The minimum Gasteiger partial charge on any atom is -0.323 e. The minimum atomic E-state index is -2.71. The van der Waals surface area contributed by atoms with Gasteiger partial charge in [0, 0.05) is 24.2 Å². The van der Waals surface area contributed by atoms with Gasteiger partial charge in [0.15, 0.2) is 0 Å². The molecule has 0 saturated heterocycles. The van der Waals surface area contributed by atoms with Gasteiger partial charge in [-0.2, -0.15) is 0 Å². The number of halogens is 4. The van der Waals surface area contributed by atoms with E-state index in [2.05, 4.69) is 15.0 Å². The highest BCUT2D eigenvalue weighted by Gasteiger charge is 2.17. The fourth-order valence-electron chi connectivity index (χ4n) is 2.06. The molecule has 0 N–H and O–H groups in total. The van der Waals surface area contributed by atoms with E-state index in [1.165, 1.54) is 47.4 Å². The molecule has 118 valence electrons. The minimum absolute atomic E-state index is 0.142. The van der Waals surface area contributed by atoms with Crippen LogP contribution >= 0.6 is 11.6 Å². The molecule has 0 atom stereocenters. The summed E-state index contributed by atoms with van der Waals surface area (Å²) in [7, 11) is 0. The number of rotatable bonds is 4. The number of benzene rings is 1. The third kappa shape index (κ3) is 3.50. The molecule has 2 heterocycles. The smallest absolute Gasteiger partial charge is 0.281 e. The van der Waals surface area contributed by atoms with E-state index >= 15 is 0 Å². The molecule has 0 aliphatic rings. The Labute approximate surface area is 134 Å². The molecule has 0 fully saturated rings. The summed E-state index contributed by atoms with van der Waals surface area (Å²) in [6.45, 7) is 0.142. The molecule has 0 aliphatic heterocycles. The molecule has 3 aromatic rings. The van der Waals surface area contributed by atoms with E-state index in [0.717, 1.165) is 0 Å².